The largest absolute Gasteiger partial charge is 0.397 e. The van der Waals surface area contributed by atoms with Crippen molar-refractivity contribution in [3.8, 4) is 0 Å². The molecule has 6 nitrogen and oxygen atoms in total. The standard InChI is InChI=1S/C11H14N6/c1-8-4-9(12)5-13-11(8)16-2-3-17-7-14-15-10(17)6-16/h4-5,7H,2-3,6,12H2,1H3. The summed E-state index contributed by atoms with van der Waals surface area (Å²) >= 11 is 0. The second kappa shape index (κ2) is 3.73. The van der Waals surface area contributed by atoms with Gasteiger partial charge in [-0.3, -0.25) is 0 Å². The van der Waals surface area contributed by atoms with Crippen molar-refractivity contribution in [3.63, 3.8) is 0 Å². The minimum Gasteiger partial charge on any atom is -0.397 e. The van der Waals surface area contributed by atoms with Gasteiger partial charge in [0.25, 0.3) is 0 Å². The third kappa shape index (κ3) is 1.71. The van der Waals surface area contributed by atoms with Crippen LogP contribution in [0.4, 0.5) is 11.5 Å². The number of fused-ring (bicyclic) bond motifs is 1. The van der Waals surface area contributed by atoms with E-state index in [1.165, 1.54) is 0 Å². The maximum Gasteiger partial charge on any atom is 0.152 e. The topological polar surface area (TPSA) is 72.9 Å². The molecule has 0 saturated carbocycles. The lowest BCUT2D eigenvalue weighted by Gasteiger charge is -2.29. The van der Waals surface area contributed by atoms with Gasteiger partial charge in [0.15, 0.2) is 5.82 Å². The average molecular weight is 230 g/mol. The molecule has 2 aromatic rings. The van der Waals surface area contributed by atoms with Crippen LogP contribution in [-0.4, -0.2) is 26.3 Å². The average Bonchev–Trinajstić information content (AvgIpc) is 2.75. The molecule has 0 atom stereocenters. The van der Waals surface area contributed by atoms with E-state index in [0.29, 0.717) is 5.69 Å². The Kier molecular flexibility index (Phi) is 2.21. The van der Waals surface area contributed by atoms with Crippen LogP contribution in [0.5, 0.6) is 0 Å². The maximum atomic E-state index is 5.71. The van der Waals surface area contributed by atoms with Crippen molar-refractivity contribution in [1.29, 1.82) is 0 Å². The number of aromatic nitrogens is 4. The normalized spacial score (nSPS) is 14.8. The highest BCUT2D eigenvalue weighted by Gasteiger charge is 2.19. The summed E-state index contributed by atoms with van der Waals surface area (Å²) in [5.41, 5.74) is 7.51. The highest BCUT2D eigenvalue weighted by atomic mass is 15.3. The molecule has 0 amide bonds. The Hall–Kier alpha value is -2.11. The molecule has 0 aromatic carbocycles. The molecule has 3 heterocycles. The first-order valence-electron chi connectivity index (χ1n) is 5.58. The van der Waals surface area contributed by atoms with E-state index in [9.17, 15) is 0 Å². The number of hydrogen-bond donors (Lipinski definition) is 1. The second-order valence-corrected chi connectivity index (χ2v) is 4.27. The van der Waals surface area contributed by atoms with Gasteiger partial charge in [0.2, 0.25) is 0 Å². The van der Waals surface area contributed by atoms with Gasteiger partial charge in [-0.25, -0.2) is 4.98 Å². The summed E-state index contributed by atoms with van der Waals surface area (Å²) in [6, 6.07) is 1.95. The van der Waals surface area contributed by atoms with E-state index in [2.05, 4.69) is 24.6 Å². The van der Waals surface area contributed by atoms with Gasteiger partial charge in [0.1, 0.15) is 12.1 Å². The van der Waals surface area contributed by atoms with Crippen molar-refractivity contribution in [1.82, 2.24) is 19.7 Å². The molecule has 0 radical (unpaired) electrons. The first kappa shape index (κ1) is 10.1. The minimum absolute atomic E-state index is 0.700. The van der Waals surface area contributed by atoms with E-state index in [-0.39, 0.29) is 0 Å². The van der Waals surface area contributed by atoms with Crippen LogP contribution in [0.3, 0.4) is 0 Å². The van der Waals surface area contributed by atoms with Crippen LogP contribution in [0, 0.1) is 6.92 Å². The molecule has 0 spiro atoms. The Labute approximate surface area is 99.1 Å². The van der Waals surface area contributed by atoms with Crippen LogP contribution in [-0.2, 0) is 13.1 Å². The zero-order valence-electron chi connectivity index (χ0n) is 9.67. The van der Waals surface area contributed by atoms with Crippen LogP contribution in [0.15, 0.2) is 18.6 Å². The highest BCUT2D eigenvalue weighted by molar-refractivity contribution is 5.52. The highest BCUT2D eigenvalue weighted by Crippen LogP contribution is 2.22. The van der Waals surface area contributed by atoms with E-state index in [0.717, 1.165) is 36.8 Å². The minimum atomic E-state index is 0.700. The molecule has 0 fully saturated rings. The molecule has 2 N–H and O–H groups in total. The van der Waals surface area contributed by atoms with E-state index in [4.69, 9.17) is 5.73 Å². The number of rotatable bonds is 1. The van der Waals surface area contributed by atoms with Gasteiger partial charge in [0, 0.05) is 13.1 Å². The fourth-order valence-corrected chi connectivity index (χ4v) is 2.17. The molecule has 0 bridgehead atoms. The lowest BCUT2D eigenvalue weighted by molar-refractivity contribution is 0.555. The molecule has 6 heteroatoms. The summed E-state index contributed by atoms with van der Waals surface area (Å²) in [6.45, 7) is 4.59. The summed E-state index contributed by atoms with van der Waals surface area (Å²) < 4.78 is 2.07. The fourth-order valence-electron chi connectivity index (χ4n) is 2.17. The van der Waals surface area contributed by atoms with E-state index < -0.39 is 0 Å². The quantitative estimate of drug-likeness (QED) is 0.776. The van der Waals surface area contributed by atoms with Crippen LogP contribution in [0.1, 0.15) is 11.4 Å². The maximum absolute atomic E-state index is 5.71. The zero-order chi connectivity index (χ0) is 11.8. The summed E-state index contributed by atoms with van der Waals surface area (Å²) in [6.07, 6.45) is 3.47. The Morgan fingerprint density at radius 3 is 3.06 bits per heavy atom. The molecular formula is C11H14N6. The van der Waals surface area contributed by atoms with Crippen LogP contribution >= 0.6 is 0 Å². The molecule has 1 aliphatic rings. The number of nitrogens with two attached hydrogens (primary N) is 1. The van der Waals surface area contributed by atoms with Gasteiger partial charge < -0.3 is 15.2 Å². The van der Waals surface area contributed by atoms with Gasteiger partial charge in [-0.2, -0.15) is 0 Å². The van der Waals surface area contributed by atoms with Crippen molar-refractivity contribution in [2.45, 2.75) is 20.0 Å². The molecule has 2 aromatic heterocycles. The number of hydrogen-bond acceptors (Lipinski definition) is 5. The van der Waals surface area contributed by atoms with Crippen molar-refractivity contribution in [3.05, 3.63) is 30.0 Å². The first-order chi connectivity index (χ1) is 8.24. The van der Waals surface area contributed by atoms with Crippen molar-refractivity contribution in [2.24, 2.45) is 0 Å². The lowest BCUT2D eigenvalue weighted by Crippen LogP contribution is -2.34. The Morgan fingerprint density at radius 1 is 1.35 bits per heavy atom. The van der Waals surface area contributed by atoms with Crippen molar-refractivity contribution < 1.29 is 0 Å². The molecule has 0 aliphatic carbocycles. The molecular weight excluding hydrogens is 216 g/mol. The van der Waals surface area contributed by atoms with Crippen molar-refractivity contribution in [2.75, 3.05) is 17.2 Å². The smallest absolute Gasteiger partial charge is 0.152 e. The number of nitrogen functional groups attached to an aromatic ring is 1. The number of pyridine rings is 1. The van der Waals surface area contributed by atoms with Gasteiger partial charge in [-0.1, -0.05) is 0 Å². The monoisotopic (exact) mass is 230 g/mol. The second-order valence-electron chi connectivity index (χ2n) is 4.27. The summed E-state index contributed by atoms with van der Waals surface area (Å²) in [7, 11) is 0. The molecule has 1 aliphatic heterocycles. The molecule has 0 saturated heterocycles. The number of anilines is 2. The molecule has 3 rings (SSSR count). The van der Waals surface area contributed by atoms with Gasteiger partial charge in [-0.15, -0.1) is 10.2 Å². The zero-order valence-corrected chi connectivity index (χ0v) is 9.67. The molecule has 0 unspecified atom stereocenters. The van der Waals surface area contributed by atoms with Crippen LogP contribution in [0.2, 0.25) is 0 Å². The van der Waals surface area contributed by atoms with Crippen LogP contribution in [0.25, 0.3) is 0 Å². The summed E-state index contributed by atoms with van der Waals surface area (Å²) in [5, 5.41) is 8.01. The van der Waals surface area contributed by atoms with E-state index >= 15 is 0 Å². The van der Waals surface area contributed by atoms with Gasteiger partial charge in [0.05, 0.1) is 18.4 Å². The molecule has 88 valence electrons. The summed E-state index contributed by atoms with van der Waals surface area (Å²) in [4.78, 5) is 6.61. The fraction of sp³-hybridized carbons (Fsp3) is 0.364. The predicted molar refractivity (Wildman–Crippen MR) is 64.5 cm³/mol. The van der Waals surface area contributed by atoms with E-state index in [1.54, 1.807) is 12.5 Å². The molecule has 17 heavy (non-hydrogen) atoms. The number of aryl methyl sites for hydroxylation is 1. The third-order valence-electron chi connectivity index (χ3n) is 3.01. The lowest BCUT2D eigenvalue weighted by atomic mass is 10.2. The van der Waals surface area contributed by atoms with Gasteiger partial charge in [-0.05, 0) is 18.6 Å². The Morgan fingerprint density at radius 2 is 2.24 bits per heavy atom. The third-order valence-corrected chi connectivity index (χ3v) is 3.01. The van der Waals surface area contributed by atoms with E-state index in [1.807, 2.05) is 13.0 Å². The Bertz CT molecular complexity index is 547. The first-order valence-corrected chi connectivity index (χ1v) is 5.58. The SMILES string of the molecule is Cc1cc(N)cnc1N1CCn2cnnc2C1. The van der Waals surface area contributed by atoms with Crippen LogP contribution < -0.4 is 10.6 Å². The predicted octanol–water partition coefficient (Wildman–Crippen LogP) is 0.584. The van der Waals surface area contributed by atoms with Gasteiger partial charge >= 0.3 is 0 Å². The van der Waals surface area contributed by atoms with Crippen molar-refractivity contribution >= 4 is 11.5 Å². The summed E-state index contributed by atoms with van der Waals surface area (Å²) in [5.74, 6) is 1.96. The Balaban J connectivity index is 1.91. The number of nitrogens with zero attached hydrogens (tertiary/aromatic N) is 5.